The van der Waals surface area contributed by atoms with Crippen molar-refractivity contribution in [1.82, 2.24) is 5.32 Å². The molecule has 0 aromatic carbocycles. The highest BCUT2D eigenvalue weighted by atomic mass is 16.5. The van der Waals surface area contributed by atoms with Crippen LogP contribution in [0.4, 0.5) is 0 Å². The normalized spacial score (nSPS) is 13.5. The summed E-state index contributed by atoms with van der Waals surface area (Å²) < 4.78 is 5.93. The summed E-state index contributed by atoms with van der Waals surface area (Å²) in [6.45, 7) is 6.47. The zero-order valence-electron chi connectivity index (χ0n) is 40.8. The summed E-state index contributed by atoms with van der Waals surface area (Å²) in [5.74, 6) is -0.485. The number of ether oxygens (including phenoxy) is 1. The number of hydrogen-bond donors (Lipinski definition) is 3. The van der Waals surface area contributed by atoms with Crippen molar-refractivity contribution in [2.45, 2.75) is 296 Å². The molecule has 3 unspecified atom stereocenters. The van der Waals surface area contributed by atoms with Gasteiger partial charge in [-0.1, -0.05) is 250 Å². The molecule has 0 spiro atoms. The topological polar surface area (TPSA) is 95.9 Å². The van der Waals surface area contributed by atoms with Crippen molar-refractivity contribution >= 4 is 11.9 Å². The van der Waals surface area contributed by atoms with Crippen molar-refractivity contribution in [3.8, 4) is 0 Å². The molecule has 358 valence electrons. The van der Waals surface area contributed by atoms with E-state index in [9.17, 15) is 19.8 Å². The minimum atomic E-state index is -0.788. The average molecular weight is 858 g/mol. The lowest BCUT2D eigenvalue weighted by Gasteiger charge is -2.24. The molecule has 0 radical (unpaired) electrons. The predicted octanol–water partition coefficient (Wildman–Crippen LogP) is 16.1. The summed E-state index contributed by atoms with van der Waals surface area (Å²) in [7, 11) is 0. The van der Waals surface area contributed by atoms with E-state index in [4.69, 9.17) is 4.74 Å². The Morgan fingerprint density at radius 2 is 0.836 bits per heavy atom. The third-order valence-corrected chi connectivity index (χ3v) is 12.3. The fraction of sp³-hybridized carbons (Fsp3) is 0.855. The Kier molecular flexibility index (Phi) is 47.6. The first kappa shape index (κ1) is 59.1. The Balaban J connectivity index is 4.56. The number of nitrogens with one attached hydrogen (secondary N) is 1. The smallest absolute Gasteiger partial charge is 0.306 e. The number of aliphatic hydroxyl groups excluding tert-OH is 2. The lowest BCUT2D eigenvalue weighted by molar-refractivity contribution is -0.151. The van der Waals surface area contributed by atoms with Gasteiger partial charge in [0.1, 0.15) is 6.10 Å². The van der Waals surface area contributed by atoms with Crippen LogP contribution in [-0.2, 0) is 14.3 Å². The molecule has 0 aromatic heterocycles. The first-order valence-electron chi connectivity index (χ1n) is 26.7. The molecular weight excluding hydrogens is 755 g/mol. The zero-order valence-corrected chi connectivity index (χ0v) is 40.8. The Hall–Kier alpha value is -1.92. The van der Waals surface area contributed by atoms with Gasteiger partial charge in [0.15, 0.2) is 0 Å². The maximum atomic E-state index is 13.2. The molecule has 6 heteroatoms. The Morgan fingerprint density at radius 1 is 0.475 bits per heavy atom. The first-order chi connectivity index (χ1) is 30.0. The predicted molar refractivity (Wildman–Crippen MR) is 264 cm³/mol. The van der Waals surface area contributed by atoms with Gasteiger partial charge >= 0.3 is 5.97 Å². The molecule has 0 fully saturated rings. The lowest BCUT2D eigenvalue weighted by atomic mass is 10.0. The standard InChI is InChI=1S/C55H103NO5/c1-4-7-10-13-16-19-22-25-26-27-28-29-30-33-36-39-42-45-48-55(60)61-51(46-43-40-37-34-31-23-20-17-14-11-8-5-2)49-54(59)56-52(50-57)53(58)47-44-41-38-35-32-24-21-18-15-12-9-6-3/h22,25-29,51-53,57-58H,4-21,23-24,30-50H2,1-3H3,(H,56,59)/b25-22+,27-26+,29-28+. The molecule has 0 aliphatic rings. The van der Waals surface area contributed by atoms with Crippen LogP contribution in [0.25, 0.3) is 0 Å². The second-order valence-electron chi connectivity index (χ2n) is 18.3. The summed E-state index contributed by atoms with van der Waals surface area (Å²) in [6.07, 6.45) is 57.7. The summed E-state index contributed by atoms with van der Waals surface area (Å²) in [5, 5.41) is 23.8. The van der Waals surface area contributed by atoms with E-state index in [0.29, 0.717) is 19.3 Å². The number of carbonyl (C=O) groups excluding carboxylic acids is 2. The molecule has 0 aliphatic heterocycles. The minimum absolute atomic E-state index is 0.0731. The van der Waals surface area contributed by atoms with Crippen molar-refractivity contribution < 1.29 is 24.5 Å². The Labute approximate surface area is 379 Å². The number of allylic oxidation sites excluding steroid dienone is 6. The molecule has 3 atom stereocenters. The number of aliphatic hydroxyl groups is 2. The van der Waals surface area contributed by atoms with Crippen molar-refractivity contribution in [2.75, 3.05) is 6.61 Å². The highest BCUT2D eigenvalue weighted by molar-refractivity contribution is 5.77. The molecule has 3 N–H and O–H groups in total. The quantitative estimate of drug-likeness (QED) is 0.0322. The SMILES string of the molecule is CCCCCCC/C=C/C=C/C=C/CCCCCCCC(=O)OC(CCCCCCCCCCCCCC)CC(=O)NC(CO)C(O)CCCCCCCCCCCCCC. The van der Waals surface area contributed by atoms with Crippen molar-refractivity contribution in [2.24, 2.45) is 0 Å². The van der Waals surface area contributed by atoms with Crippen molar-refractivity contribution in [3.63, 3.8) is 0 Å². The van der Waals surface area contributed by atoms with Crippen molar-refractivity contribution in [3.05, 3.63) is 36.5 Å². The van der Waals surface area contributed by atoms with Gasteiger partial charge in [-0.15, -0.1) is 0 Å². The highest BCUT2D eigenvalue weighted by Crippen LogP contribution is 2.18. The van der Waals surface area contributed by atoms with Crippen LogP contribution in [0, 0.1) is 0 Å². The van der Waals surface area contributed by atoms with Crippen LogP contribution in [-0.4, -0.2) is 46.9 Å². The summed E-state index contributed by atoms with van der Waals surface area (Å²) in [4.78, 5) is 26.2. The molecule has 0 heterocycles. The highest BCUT2D eigenvalue weighted by Gasteiger charge is 2.24. The van der Waals surface area contributed by atoms with E-state index in [1.807, 2.05) is 0 Å². The second kappa shape index (κ2) is 49.1. The third-order valence-electron chi connectivity index (χ3n) is 12.3. The van der Waals surface area contributed by atoms with Gasteiger partial charge in [-0.3, -0.25) is 9.59 Å². The molecule has 61 heavy (non-hydrogen) atoms. The Morgan fingerprint density at radius 3 is 1.25 bits per heavy atom. The van der Waals surface area contributed by atoms with Gasteiger partial charge in [0.2, 0.25) is 5.91 Å². The van der Waals surface area contributed by atoms with Crippen LogP contribution < -0.4 is 5.32 Å². The van der Waals surface area contributed by atoms with Crippen LogP contribution in [0.3, 0.4) is 0 Å². The lowest BCUT2D eigenvalue weighted by Crippen LogP contribution is -2.46. The van der Waals surface area contributed by atoms with Crippen molar-refractivity contribution in [1.29, 1.82) is 0 Å². The Bertz CT molecular complexity index is 1010. The second-order valence-corrected chi connectivity index (χ2v) is 18.3. The van der Waals surface area contributed by atoms with Crippen LogP contribution >= 0.6 is 0 Å². The molecule has 0 rings (SSSR count). The number of hydrogen-bond acceptors (Lipinski definition) is 5. The largest absolute Gasteiger partial charge is 0.462 e. The summed E-state index contributed by atoms with van der Waals surface area (Å²) >= 11 is 0. The van der Waals surface area contributed by atoms with E-state index in [2.05, 4.69) is 62.5 Å². The molecule has 0 aliphatic carbocycles. The molecule has 0 aromatic rings. The fourth-order valence-corrected chi connectivity index (χ4v) is 8.20. The van der Waals surface area contributed by atoms with Crippen LogP contribution in [0.2, 0.25) is 0 Å². The molecular formula is C55H103NO5. The monoisotopic (exact) mass is 858 g/mol. The van der Waals surface area contributed by atoms with E-state index in [1.54, 1.807) is 0 Å². The number of rotatable bonds is 48. The van der Waals surface area contributed by atoms with E-state index < -0.39 is 18.2 Å². The van der Waals surface area contributed by atoms with E-state index >= 15 is 0 Å². The molecule has 1 amide bonds. The van der Waals surface area contributed by atoms with E-state index in [1.165, 1.54) is 161 Å². The molecule has 0 saturated carbocycles. The zero-order chi connectivity index (χ0) is 44.5. The van der Waals surface area contributed by atoms with Gasteiger partial charge in [-0.2, -0.15) is 0 Å². The molecule has 6 nitrogen and oxygen atoms in total. The van der Waals surface area contributed by atoms with Gasteiger partial charge in [-0.25, -0.2) is 0 Å². The summed E-state index contributed by atoms with van der Waals surface area (Å²) in [5.41, 5.74) is 0. The van der Waals surface area contributed by atoms with Gasteiger partial charge in [0.05, 0.1) is 25.2 Å². The number of amides is 1. The molecule has 0 bridgehead atoms. The van der Waals surface area contributed by atoms with Crippen LogP contribution in [0.5, 0.6) is 0 Å². The van der Waals surface area contributed by atoms with Crippen LogP contribution in [0.15, 0.2) is 36.5 Å². The van der Waals surface area contributed by atoms with Gasteiger partial charge in [0.25, 0.3) is 0 Å². The van der Waals surface area contributed by atoms with Gasteiger partial charge in [-0.05, 0) is 51.4 Å². The maximum absolute atomic E-state index is 13.2. The maximum Gasteiger partial charge on any atom is 0.306 e. The van der Waals surface area contributed by atoms with Gasteiger partial charge in [0, 0.05) is 6.42 Å². The van der Waals surface area contributed by atoms with Gasteiger partial charge < -0.3 is 20.3 Å². The number of unbranched alkanes of at least 4 members (excludes halogenated alkanes) is 32. The fourth-order valence-electron chi connectivity index (χ4n) is 8.20. The summed E-state index contributed by atoms with van der Waals surface area (Å²) in [6, 6.07) is -0.702. The first-order valence-corrected chi connectivity index (χ1v) is 26.7. The number of esters is 1. The van der Waals surface area contributed by atoms with E-state index in [0.717, 1.165) is 70.6 Å². The average Bonchev–Trinajstić information content (AvgIpc) is 3.25. The minimum Gasteiger partial charge on any atom is -0.462 e. The molecule has 0 saturated heterocycles. The van der Waals surface area contributed by atoms with E-state index in [-0.39, 0.29) is 24.9 Å². The van der Waals surface area contributed by atoms with Crippen LogP contribution in [0.1, 0.15) is 278 Å². The number of carbonyl (C=O) groups is 2. The third kappa shape index (κ3) is 44.5.